The summed E-state index contributed by atoms with van der Waals surface area (Å²) in [4.78, 5) is 5.32. The van der Waals surface area contributed by atoms with Crippen LogP contribution < -0.4 is 5.73 Å². The van der Waals surface area contributed by atoms with E-state index < -0.39 is 11.6 Å². The molecule has 0 saturated carbocycles. The molecule has 2 rings (SSSR count). The van der Waals surface area contributed by atoms with Crippen molar-refractivity contribution in [3.8, 4) is 0 Å². The number of nitrogens with zero attached hydrogens (tertiary/aromatic N) is 1. The Morgan fingerprint density at radius 2 is 2.12 bits per heavy atom. The third-order valence-corrected chi connectivity index (χ3v) is 3.66. The average Bonchev–Trinajstić information content (AvgIpc) is 2.63. The number of aryl methyl sites for hydroxylation is 1. The lowest BCUT2D eigenvalue weighted by atomic mass is 10.1. The molecule has 0 radical (unpaired) electrons. The normalized spacial score (nSPS) is 10.8. The van der Waals surface area contributed by atoms with E-state index in [1.54, 1.807) is 0 Å². The van der Waals surface area contributed by atoms with E-state index in [2.05, 4.69) is 4.98 Å². The van der Waals surface area contributed by atoms with E-state index in [-0.39, 0.29) is 0 Å². The summed E-state index contributed by atoms with van der Waals surface area (Å²) in [5, 5.41) is 0.799. The van der Waals surface area contributed by atoms with Gasteiger partial charge >= 0.3 is 0 Å². The van der Waals surface area contributed by atoms with Crippen molar-refractivity contribution < 1.29 is 8.78 Å². The van der Waals surface area contributed by atoms with Crippen molar-refractivity contribution in [2.45, 2.75) is 19.9 Å². The van der Waals surface area contributed by atoms with Crippen LogP contribution in [0, 0.1) is 18.6 Å². The summed E-state index contributed by atoms with van der Waals surface area (Å²) in [6.07, 6.45) is 0.373. The van der Waals surface area contributed by atoms with E-state index in [1.165, 1.54) is 23.5 Å². The first-order valence-corrected chi connectivity index (χ1v) is 6.01. The first kappa shape index (κ1) is 12.1. The van der Waals surface area contributed by atoms with Gasteiger partial charge in [0.2, 0.25) is 0 Å². The Morgan fingerprint density at radius 1 is 1.35 bits per heavy atom. The third-order valence-electron chi connectivity index (χ3n) is 2.48. The van der Waals surface area contributed by atoms with Crippen LogP contribution in [-0.2, 0) is 13.0 Å². The number of thiazole rings is 1. The Balaban J connectivity index is 2.25. The number of aromatic nitrogens is 1. The Kier molecular flexibility index (Phi) is 3.49. The summed E-state index contributed by atoms with van der Waals surface area (Å²) < 4.78 is 26.2. The smallest absolute Gasteiger partial charge is 0.129 e. The second-order valence-electron chi connectivity index (χ2n) is 3.73. The van der Waals surface area contributed by atoms with Gasteiger partial charge in [0.05, 0.1) is 10.7 Å². The maximum atomic E-state index is 13.4. The van der Waals surface area contributed by atoms with Gasteiger partial charge in [0, 0.05) is 23.9 Å². The number of hydrogen-bond donors (Lipinski definition) is 1. The fourth-order valence-electron chi connectivity index (χ4n) is 1.58. The van der Waals surface area contributed by atoms with Crippen molar-refractivity contribution in [1.29, 1.82) is 0 Å². The van der Waals surface area contributed by atoms with Crippen molar-refractivity contribution in [2.75, 3.05) is 0 Å². The molecule has 2 aromatic rings. The lowest BCUT2D eigenvalue weighted by Crippen LogP contribution is -1.94. The third kappa shape index (κ3) is 2.68. The second kappa shape index (κ2) is 4.89. The van der Waals surface area contributed by atoms with Crippen LogP contribution in [0.2, 0.25) is 0 Å². The van der Waals surface area contributed by atoms with Gasteiger partial charge in [-0.05, 0) is 18.6 Å². The highest BCUT2D eigenvalue weighted by Gasteiger charge is 2.10. The molecule has 2 N–H and O–H groups in total. The standard InChI is InChI=1S/C12H12F2N2S/c1-7-11(6-15)17-12(16-7)4-8-2-3-9(13)5-10(8)14/h2-3,5H,4,6,15H2,1H3. The zero-order valence-electron chi connectivity index (χ0n) is 9.34. The van der Waals surface area contributed by atoms with E-state index in [9.17, 15) is 8.78 Å². The van der Waals surface area contributed by atoms with Crippen LogP contribution in [0.5, 0.6) is 0 Å². The molecule has 1 aromatic carbocycles. The van der Waals surface area contributed by atoms with Gasteiger partial charge < -0.3 is 5.73 Å². The summed E-state index contributed by atoms with van der Waals surface area (Å²) in [6.45, 7) is 2.32. The predicted molar refractivity (Wildman–Crippen MR) is 63.9 cm³/mol. The van der Waals surface area contributed by atoms with E-state index in [4.69, 9.17) is 5.73 Å². The molecule has 1 aromatic heterocycles. The molecular formula is C12H12F2N2S. The summed E-state index contributed by atoms with van der Waals surface area (Å²) in [5.74, 6) is -1.10. The molecule has 5 heteroatoms. The van der Waals surface area contributed by atoms with Crippen LogP contribution in [0.3, 0.4) is 0 Å². The molecule has 0 aliphatic carbocycles. The molecule has 0 fully saturated rings. The number of rotatable bonds is 3. The summed E-state index contributed by atoms with van der Waals surface area (Å²) >= 11 is 1.47. The molecule has 90 valence electrons. The van der Waals surface area contributed by atoms with Crippen LogP contribution >= 0.6 is 11.3 Å². The molecule has 0 aliphatic rings. The minimum atomic E-state index is -0.566. The van der Waals surface area contributed by atoms with Crippen LogP contribution in [0.15, 0.2) is 18.2 Å². The van der Waals surface area contributed by atoms with Gasteiger partial charge in [-0.25, -0.2) is 13.8 Å². The van der Waals surface area contributed by atoms with Crippen LogP contribution in [0.4, 0.5) is 8.78 Å². The van der Waals surface area contributed by atoms with Crippen LogP contribution in [-0.4, -0.2) is 4.98 Å². The summed E-state index contributed by atoms with van der Waals surface area (Å²) in [6, 6.07) is 3.59. The quantitative estimate of drug-likeness (QED) is 0.914. The van der Waals surface area contributed by atoms with Gasteiger partial charge in [-0.2, -0.15) is 0 Å². The number of hydrogen-bond acceptors (Lipinski definition) is 3. The lowest BCUT2D eigenvalue weighted by molar-refractivity contribution is 0.574. The maximum absolute atomic E-state index is 13.4. The first-order valence-electron chi connectivity index (χ1n) is 5.19. The van der Waals surface area contributed by atoms with Crippen LogP contribution in [0.1, 0.15) is 21.1 Å². The molecule has 0 bridgehead atoms. The highest BCUT2D eigenvalue weighted by atomic mass is 32.1. The fourth-order valence-corrected chi connectivity index (χ4v) is 2.55. The Labute approximate surface area is 102 Å². The molecule has 0 saturated heterocycles. The Bertz CT molecular complexity index is 537. The maximum Gasteiger partial charge on any atom is 0.129 e. The average molecular weight is 254 g/mol. The van der Waals surface area contributed by atoms with Gasteiger partial charge in [-0.3, -0.25) is 0 Å². The molecule has 2 nitrogen and oxygen atoms in total. The molecule has 0 aliphatic heterocycles. The monoisotopic (exact) mass is 254 g/mol. The van der Waals surface area contributed by atoms with E-state index in [0.717, 1.165) is 21.6 Å². The van der Waals surface area contributed by atoms with Gasteiger partial charge in [0.15, 0.2) is 0 Å². The highest BCUT2D eigenvalue weighted by Crippen LogP contribution is 2.21. The predicted octanol–water partition coefficient (Wildman–Crippen LogP) is 2.78. The topological polar surface area (TPSA) is 38.9 Å². The number of nitrogens with two attached hydrogens (primary N) is 1. The molecule has 0 unspecified atom stereocenters. The second-order valence-corrected chi connectivity index (χ2v) is 4.90. The minimum absolute atomic E-state index is 0.373. The largest absolute Gasteiger partial charge is 0.326 e. The Hall–Kier alpha value is -1.33. The van der Waals surface area contributed by atoms with E-state index >= 15 is 0 Å². The molecular weight excluding hydrogens is 242 g/mol. The molecule has 0 amide bonds. The zero-order chi connectivity index (χ0) is 12.4. The summed E-state index contributed by atoms with van der Waals surface area (Å²) in [5.41, 5.74) is 6.89. The molecule has 0 spiro atoms. The van der Waals surface area contributed by atoms with Crippen molar-refractivity contribution in [3.05, 3.63) is 51.0 Å². The van der Waals surface area contributed by atoms with Gasteiger partial charge in [-0.1, -0.05) is 6.07 Å². The fraction of sp³-hybridized carbons (Fsp3) is 0.250. The van der Waals surface area contributed by atoms with Gasteiger partial charge in [-0.15, -0.1) is 11.3 Å². The molecule has 1 heterocycles. The Morgan fingerprint density at radius 3 is 2.71 bits per heavy atom. The SMILES string of the molecule is Cc1nc(Cc2ccc(F)cc2F)sc1CN. The molecule has 0 atom stereocenters. The van der Waals surface area contributed by atoms with Crippen LogP contribution in [0.25, 0.3) is 0 Å². The van der Waals surface area contributed by atoms with E-state index in [1.807, 2.05) is 6.92 Å². The number of halogens is 2. The van der Waals surface area contributed by atoms with Gasteiger partial charge in [0.25, 0.3) is 0 Å². The van der Waals surface area contributed by atoms with Crippen molar-refractivity contribution in [3.63, 3.8) is 0 Å². The van der Waals surface area contributed by atoms with Crippen molar-refractivity contribution in [1.82, 2.24) is 4.98 Å². The van der Waals surface area contributed by atoms with E-state index in [0.29, 0.717) is 18.5 Å². The minimum Gasteiger partial charge on any atom is -0.326 e. The van der Waals surface area contributed by atoms with Gasteiger partial charge in [0.1, 0.15) is 11.6 Å². The zero-order valence-corrected chi connectivity index (χ0v) is 10.2. The number of benzene rings is 1. The molecule has 17 heavy (non-hydrogen) atoms. The lowest BCUT2D eigenvalue weighted by Gasteiger charge is -2.00. The first-order chi connectivity index (χ1) is 8.10. The van der Waals surface area contributed by atoms with Crippen molar-refractivity contribution in [2.24, 2.45) is 5.73 Å². The summed E-state index contributed by atoms with van der Waals surface area (Å²) in [7, 11) is 0. The highest BCUT2D eigenvalue weighted by molar-refractivity contribution is 7.11. The van der Waals surface area contributed by atoms with Crippen molar-refractivity contribution >= 4 is 11.3 Å².